The maximum Gasteiger partial charge on any atom is 0.156 e. The van der Waals surface area contributed by atoms with Crippen LogP contribution in [0.3, 0.4) is 0 Å². The molecule has 0 aliphatic heterocycles. The molecular weight excluding hydrogens is 180 g/mol. The van der Waals surface area contributed by atoms with E-state index in [1.54, 1.807) is 0 Å². The summed E-state index contributed by atoms with van der Waals surface area (Å²) in [5.41, 5.74) is 1.21. The lowest BCUT2D eigenvalue weighted by atomic mass is 9.97. The normalized spacial score (nSPS) is 17.8. The van der Waals surface area contributed by atoms with E-state index in [1.807, 2.05) is 7.05 Å². The highest BCUT2D eigenvalue weighted by Gasteiger charge is 2.14. The Morgan fingerprint density at radius 3 is 2.23 bits per heavy atom. The van der Waals surface area contributed by atoms with Crippen molar-refractivity contribution in [2.24, 2.45) is 5.10 Å². The predicted molar refractivity (Wildman–Crippen MR) is 57.6 cm³/mol. The van der Waals surface area contributed by atoms with Crippen molar-refractivity contribution in [3.63, 3.8) is 0 Å². The van der Waals surface area contributed by atoms with Crippen LogP contribution in [0, 0.1) is 0 Å². The van der Waals surface area contributed by atoms with Crippen LogP contribution in [0.1, 0.15) is 25.7 Å². The molecule has 1 fully saturated rings. The molecular formula is C9H18N2OSi. The second-order valence-corrected chi connectivity index (χ2v) is 6.81. The van der Waals surface area contributed by atoms with Crippen LogP contribution in [-0.2, 0) is 4.79 Å². The zero-order chi connectivity index (χ0) is 9.84. The fourth-order valence-electron chi connectivity index (χ4n) is 1.26. The second kappa shape index (κ2) is 4.55. The van der Waals surface area contributed by atoms with Crippen molar-refractivity contribution in [3.05, 3.63) is 0 Å². The zero-order valence-electron chi connectivity index (χ0n) is 8.71. The third-order valence-corrected chi connectivity index (χ3v) is 4.04. The molecule has 0 unspecified atom stereocenters. The van der Waals surface area contributed by atoms with Gasteiger partial charge in [0.15, 0.2) is 8.96 Å². The van der Waals surface area contributed by atoms with Crippen molar-refractivity contribution >= 4 is 20.5 Å². The summed E-state index contributed by atoms with van der Waals surface area (Å²) in [6, 6.07) is 0. The number of rotatable bonds is 2. The summed E-state index contributed by atoms with van der Waals surface area (Å²) in [5.74, 6) is 0.392. The number of hydrogen-bond acceptors (Lipinski definition) is 3. The molecule has 3 nitrogen and oxygen atoms in total. The number of Topliss-reactive ketones (excluding diaryl/α,β-unsaturated/α-hetero) is 1. The quantitative estimate of drug-likeness (QED) is 0.496. The van der Waals surface area contributed by atoms with Gasteiger partial charge in [-0.15, -0.1) is 0 Å². The van der Waals surface area contributed by atoms with E-state index in [9.17, 15) is 4.79 Å². The van der Waals surface area contributed by atoms with Gasteiger partial charge in [-0.3, -0.25) is 4.79 Å². The highest BCUT2D eigenvalue weighted by Crippen LogP contribution is 2.12. The smallest absolute Gasteiger partial charge is 0.156 e. The molecule has 0 spiro atoms. The van der Waals surface area contributed by atoms with Gasteiger partial charge in [0.2, 0.25) is 0 Å². The minimum Gasteiger partial charge on any atom is -0.331 e. The summed E-state index contributed by atoms with van der Waals surface area (Å²) in [6.45, 7) is 4.50. The third-order valence-electron chi connectivity index (χ3n) is 2.43. The van der Waals surface area contributed by atoms with E-state index in [-0.39, 0.29) is 0 Å². The molecule has 1 rings (SSSR count). The molecule has 0 N–H and O–H groups in total. The van der Waals surface area contributed by atoms with E-state index in [4.69, 9.17) is 0 Å². The van der Waals surface area contributed by atoms with Gasteiger partial charge in [0.05, 0.1) is 0 Å². The molecule has 0 atom stereocenters. The lowest BCUT2D eigenvalue weighted by Crippen LogP contribution is -2.27. The summed E-state index contributed by atoms with van der Waals surface area (Å²) in [7, 11) is 1.25. The van der Waals surface area contributed by atoms with E-state index in [0.717, 1.165) is 12.8 Å². The molecule has 1 aliphatic carbocycles. The Kier molecular flexibility index (Phi) is 3.66. The monoisotopic (exact) mass is 198 g/mol. The maximum atomic E-state index is 11.0. The van der Waals surface area contributed by atoms with Crippen molar-refractivity contribution in [3.8, 4) is 0 Å². The lowest BCUT2D eigenvalue weighted by molar-refractivity contribution is -0.119. The molecule has 0 radical (unpaired) electrons. The summed E-state index contributed by atoms with van der Waals surface area (Å²) >= 11 is 0. The topological polar surface area (TPSA) is 32.7 Å². The van der Waals surface area contributed by atoms with Gasteiger partial charge in [-0.25, -0.2) is 0 Å². The van der Waals surface area contributed by atoms with Crippen LogP contribution in [-0.4, -0.2) is 32.2 Å². The molecule has 1 aliphatic rings. The second-order valence-electron chi connectivity index (χ2n) is 3.87. The first-order valence-corrected chi connectivity index (χ1v) is 7.73. The van der Waals surface area contributed by atoms with E-state index < -0.39 is 8.96 Å². The molecule has 0 aromatic heterocycles. The van der Waals surface area contributed by atoms with Crippen LogP contribution >= 0.6 is 0 Å². The SMILES string of the molecule is CN(N=C1CCC(=O)CC1)[SiH](C)C. The summed E-state index contributed by atoms with van der Waals surface area (Å²) < 4.78 is 2.10. The molecule has 74 valence electrons. The van der Waals surface area contributed by atoms with E-state index in [1.165, 1.54) is 5.71 Å². The van der Waals surface area contributed by atoms with Crippen LogP contribution in [0.25, 0.3) is 0 Å². The first-order valence-electron chi connectivity index (χ1n) is 4.90. The largest absolute Gasteiger partial charge is 0.331 e. The molecule has 0 amide bonds. The highest BCUT2D eigenvalue weighted by atomic mass is 28.3. The van der Waals surface area contributed by atoms with Gasteiger partial charge >= 0.3 is 0 Å². The summed E-state index contributed by atoms with van der Waals surface area (Å²) in [5, 5.41) is 4.53. The highest BCUT2D eigenvalue weighted by molar-refractivity contribution is 6.52. The molecule has 13 heavy (non-hydrogen) atoms. The van der Waals surface area contributed by atoms with Crippen molar-refractivity contribution in [2.75, 3.05) is 7.05 Å². The van der Waals surface area contributed by atoms with Crippen LogP contribution in [0.5, 0.6) is 0 Å². The Bertz CT molecular complexity index is 214. The van der Waals surface area contributed by atoms with Crippen LogP contribution in [0.15, 0.2) is 5.10 Å². The Hall–Kier alpha value is -0.643. The fraction of sp³-hybridized carbons (Fsp3) is 0.778. The number of hydrazone groups is 1. The lowest BCUT2D eigenvalue weighted by Gasteiger charge is -2.20. The molecule has 0 heterocycles. The van der Waals surface area contributed by atoms with Crippen LogP contribution < -0.4 is 0 Å². The van der Waals surface area contributed by atoms with E-state index in [2.05, 4.69) is 22.9 Å². The van der Waals surface area contributed by atoms with Crippen molar-refractivity contribution in [2.45, 2.75) is 38.8 Å². The van der Waals surface area contributed by atoms with E-state index in [0.29, 0.717) is 18.6 Å². The minimum absolute atomic E-state index is 0.392. The number of ketones is 1. The summed E-state index contributed by atoms with van der Waals surface area (Å²) in [6.07, 6.45) is 3.16. The van der Waals surface area contributed by atoms with Gasteiger partial charge in [-0.1, -0.05) is 13.1 Å². The number of hydrogen-bond donors (Lipinski definition) is 0. The Morgan fingerprint density at radius 1 is 1.23 bits per heavy atom. The molecule has 4 heteroatoms. The van der Waals surface area contributed by atoms with Gasteiger partial charge in [0.25, 0.3) is 0 Å². The fourth-order valence-corrected chi connectivity index (χ4v) is 1.65. The predicted octanol–water partition coefficient (Wildman–Crippen LogP) is 1.40. The average molecular weight is 198 g/mol. The van der Waals surface area contributed by atoms with Crippen molar-refractivity contribution in [1.82, 2.24) is 4.67 Å². The van der Waals surface area contributed by atoms with Crippen molar-refractivity contribution < 1.29 is 4.79 Å². The van der Waals surface area contributed by atoms with Crippen molar-refractivity contribution in [1.29, 1.82) is 0 Å². The Balaban J connectivity index is 2.47. The average Bonchev–Trinajstić information content (AvgIpc) is 2.08. The van der Waals surface area contributed by atoms with Gasteiger partial charge < -0.3 is 4.67 Å². The Labute approximate surface area is 81.5 Å². The zero-order valence-corrected chi connectivity index (χ0v) is 9.86. The van der Waals surface area contributed by atoms with Crippen LogP contribution in [0.2, 0.25) is 13.1 Å². The minimum atomic E-state index is -0.790. The maximum absolute atomic E-state index is 11.0. The molecule has 0 aromatic carbocycles. The first kappa shape index (κ1) is 10.4. The first-order chi connectivity index (χ1) is 6.09. The molecule has 1 saturated carbocycles. The third kappa shape index (κ3) is 3.30. The molecule has 0 aromatic rings. The number of carbonyl (C=O) groups is 1. The van der Waals surface area contributed by atoms with Gasteiger partial charge in [0, 0.05) is 25.6 Å². The van der Waals surface area contributed by atoms with Gasteiger partial charge in [-0.05, 0) is 12.8 Å². The molecule has 0 bridgehead atoms. The standard InChI is InChI=1S/C9H18N2OSi/c1-11(13(2)3)10-8-4-6-9(12)7-5-8/h13H,4-7H2,1-3H3. The Morgan fingerprint density at radius 2 is 1.77 bits per heavy atom. The van der Waals surface area contributed by atoms with Gasteiger partial charge in [-0.2, -0.15) is 5.10 Å². The van der Waals surface area contributed by atoms with Gasteiger partial charge in [0.1, 0.15) is 5.78 Å². The summed E-state index contributed by atoms with van der Waals surface area (Å²) in [4.78, 5) is 11.0. The number of carbonyl (C=O) groups excluding carboxylic acids is 1. The number of nitrogens with zero attached hydrogens (tertiary/aromatic N) is 2. The molecule has 0 saturated heterocycles. The van der Waals surface area contributed by atoms with Crippen LogP contribution in [0.4, 0.5) is 0 Å². The van der Waals surface area contributed by atoms with E-state index >= 15 is 0 Å².